The topological polar surface area (TPSA) is 63.5 Å². The fraction of sp³-hybridized carbons (Fsp3) is 0.188. The molecule has 124 valence electrons. The van der Waals surface area contributed by atoms with Crippen molar-refractivity contribution in [1.29, 1.82) is 0 Å². The largest absolute Gasteiger partial charge is 0.352 e. The maximum atomic E-state index is 13.7. The van der Waals surface area contributed by atoms with E-state index in [2.05, 4.69) is 10.3 Å². The molecule has 3 aromatic rings. The van der Waals surface area contributed by atoms with Gasteiger partial charge in [0.2, 0.25) is 0 Å². The first-order valence-electron chi connectivity index (χ1n) is 7.16. The predicted octanol–water partition coefficient (Wildman–Crippen LogP) is 2.83. The Balaban J connectivity index is 1.73. The Morgan fingerprint density at radius 3 is 3.00 bits per heavy atom. The summed E-state index contributed by atoms with van der Waals surface area (Å²) in [5.41, 5.74) is 1.07. The third kappa shape index (κ3) is 3.18. The molecule has 0 atom stereocenters. The van der Waals surface area contributed by atoms with Crippen LogP contribution in [0.3, 0.4) is 0 Å². The number of carbonyl (C=O) groups is 1. The van der Waals surface area contributed by atoms with Crippen LogP contribution in [0.1, 0.15) is 21.7 Å². The van der Waals surface area contributed by atoms with Crippen molar-refractivity contribution >= 4 is 33.8 Å². The van der Waals surface area contributed by atoms with E-state index in [4.69, 9.17) is 11.6 Å². The number of nitrogens with zero attached hydrogens (tertiary/aromatic N) is 2. The van der Waals surface area contributed by atoms with Crippen LogP contribution in [0.25, 0.3) is 4.96 Å². The second-order valence-corrected chi connectivity index (χ2v) is 6.43. The van der Waals surface area contributed by atoms with E-state index in [0.717, 1.165) is 5.69 Å². The lowest BCUT2D eigenvalue weighted by Gasteiger charge is -2.07. The minimum Gasteiger partial charge on any atom is -0.352 e. The molecule has 0 bridgehead atoms. The van der Waals surface area contributed by atoms with E-state index < -0.39 is 11.7 Å². The van der Waals surface area contributed by atoms with Crippen LogP contribution in [0.2, 0.25) is 5.02 Å². The number of aryl methyl sites for hydroxylation is 1. The molecule has 0 spiro atoms. The quantitative estimate of drug-likeness (QED) is 0.773. The summed E-state index contributed by atoms with van der Waals surface area (Å²) in [6.07, 6.45) is 0.419. The minimum absolute atomic E-state index is 0.0596. The van der Waals surface area contributed by atoms with E-state index in [9.17, 15) is 14.0 Å². The monoisotopic (exact) mass is 365 g/mol. The van der Waals surface area contributed by atoms with Gasteiger partial charge in [0, 0.05) is 35.8 Å². The Hall–Kier alpha value is -2.25. The van der Waals surface area contributed by atoms with Gasteiger partial charge in [-0.15, -0.1) is 11.3 Å². The third-order valence-corrected chi connectivity index (χ3v) is 4.65. The van der Waals surface area contributed by atoms with E-state index in [-0.39, 0.29) is 22.7 Å². The van der Waals surface area contributed by atoms with Crippen molar-refractivity contribution in [1.82, 2.24) is 14.7 Å². The van der Waals surface area contributed by atoms with E-state index in [1.807, 2.05) is 5.38 Å². The van der Waals surface area contributed by atoms with Gasteiger partial charge in [0.1, 0.15) is 5.82 Å². The SMILES string of the molecule is Cc1cc(=O)n2c(CCNC(=O)c3c(F)cccc3Cl)csc2n1. The van der Waals surface area contributed by atoms with Gasteiger partial charge >= 0.3 is 0 Å². The molecule has 2 aromatic heterocycles. The van der Waals surface area contributed by atoms with Crippen molar-refractivity contribution in [2.24, 2.45) is 0 Å². The lowest BCUT2D eigenvalue weighted by atomic mass is 10.2. The standard InChI is InChI=1S/C16H13ClFN3O2S/c1-9-7-13(22)21-10(8-24-16(21)20-9)5-6-19-15(23)14-11(17)3-2-4-12(14)18/h2-4,7-8H,5-6H2,1H3,(H,19,23). The number of hydrogen-bond donors (Lipinski definition) is 1. The molecule has 1 N–H and O–H groups in total. The number of benzene rings is 1. The Labute approximate surface area is 145 Å². The Kier molecular flexibility index (Phi) is 4.64. The van der Waals surface area contributed by atoms with Gasteiger partial charge in [-0.05, 0) is 19.1 Å². The van der Waals surface area contributed by atoms with Crippen LogP contribution in [-0.4, -0.2) is 21.8 Å². The second-order valence-electron chi connectivity index (χ2n) is 5.18. The summed E-state index contributed by atoms with van der Waals surface area (Å²) in [4.78, 5) is 29.0. The highest BCUT2D eigenvalue weighted by Crippen LogP contribution is 2.18. The number of aromatic nitrogens is 2. The molecule has 2 heterocycles. The molecule has 0 fully saturated rings. The minimum atomic E-state index is -0.670. The van der Waals surface area contributed by atoms with Crippen molar-refractivity contribution in [3.8, 4) is 0 Å². The number of hydrogen-bond acceptors (Lipinski definition) is 4. The van der Waals surface area contributed by atoms with Gasteiger partial charge in [-0.1, -0.05) is 17.7 Å². The summed E-state index contributed by atoms with van der Waals surface area (Å²) in [7, 11) is 0. The molecule has 3 rings (SSSR count). The summed E-state index contributed by atoms with van der Waals surface area (Å²) < 4.78 is 15.2. The fourth-order valence-electron chi connectivity index (χ4n) is 2.37. The van der Waals surface area contributed by atoms with Crippen LogP contribution in [0.15, 0.2) is 34.4 Å². The van der Waals surface area contributed by atoms with Crippen LogP contribution in [-0.2, 0) is 6.42 Å². The summed E-state index contributed by atoms with van der Waals surface area (Å²) >= 11 is 7.22. The molecule has 0 saturated carbocycles. The third-order valence-electron chi connectivity index (χ3n) is 3.46. The van der Waals surface area contributed by atoms with Crippen LogP contribution in [0.5, 0.6) is 0 Å². The van der Waals surface area contributed by atoms with E-state index in [1.54, 1.807) is 6.92 Å². The molecule has 0 aliphatic rings. The van der Waals surface area contributed by atoms with Gasteiger partial charge in [0.15, 0.2) is 4.96 Å². The maximum absolute atomic E-state index is 13.7. The van der Waals surface area contributed by atoms with E-state index in [1.165, 1.54) is 40.0 Å². The smallest absolute Gasteiger partial charge is 0.258 e. The molecule has 0 saturated heterocycles. The first-order chi connectivity index (χ1) is 11.5. The fourth-order valence-corrected chi connectivity index (χ4v) is 3.59. The maximum Gasteiger partial charge on any atom is 0.258 e. The van der Waals surface area contributed by atoms with Crippen molar-refractivity contribution < 1.29 is 9.18 Å². The molecule has 1 amide bonds. The molecule has 8 heteroatoms. The van der Waals surface area contributed by atoms with Gasteiger partial charge in [-0.3, -0.25) is 14.0 Å². The molecule has 0 unspecified atom stereocenters. The van der Waals surface area contributed by atoms with Gasteiger partial charge in [0.25, 0.3) is 11.5 Å². The summed E-state index contributed by atoms with van der Waals surface area (Å²) in [5.74, 6) is -1.25. The molecular formula is C16H13ClFN3O2S. The lowest BCUT2D eigenvalue weighted by molar-refractivity contribution is 0.0950. The number of halogens is 2. The highest BCUT2D eigenvalue weighted by molar-refractivity contribution is 7.15. The number of rotatable bonds is 4. The number of thiazole rings is 1. The summed E-state index contributed by atoms with van der Waals surface area (Å²) in [6, 6.07) is 5.54. The molecule has 24 heavy (non-hydrogen) atoms. The number of fused-ring (bicyclic) bond motifs is 1. The van der Waals surface area contributed by atoms with Gasteiger partial charge in [-0.25, -0.2) is 9.37 Å². The number of carbonyl (C=O) groups excluding carboxylic acids is 1. The zero-order valence-electron chi connectivity index (χ0n) is 12.7. The predicted molar refractivity (Wildman–Crippen MR) is 91.5 cm³/mol. The zero-order valence-corrected chi connectivity index (χ0v) is 14.2. The second kappa shape index (κ2) is 6.70. The summed E-state index contributed by atoms with van der Waals surface area (Å²) in [5, 5.41) is 4.50. The van der Waals surface area contributed by atoms with Crippen molar-refractivity contribution in [2.45, 2.75) is 13.3 Å². The van der Waals surface area contributed by atoms with Crippen molar-refractivity contribution in [2.75, 3.05) is 6.54 Å². The Morgan fingerprint density at radius 2 is 2.25 bits per heavy atom. The Morgan fingerprint density at radius 1 is 1.46 bits per heavy atom. The van der Waals surface area contributed by atoms with Crippen LogP contribution < -0.4 is 10.9 Å². The van der Waals surface area contributed by atoms with Gasteiger partial charge < -0.3 is 5.32 Å². The van der Waals surface area contributed by atoms with Crippen LogP contribution >= 0.6 is 22.9 Å². The average molecular weight is 366 g/mol. The first-order valence-corrected chi connectivity index (χ1v) is 8.42. The molecule has 0 radical (unpaired) electrons. The van der Waals surface area contributed by atoms with Crippen LogP contribution in [0.4, 0.5) is 4.39 Å². The molecule has 1 aromatic carbocycles. The number of amides is 1. The van der Waals surface area contributed by atoms with Crippen molar-refractivity contribution in [3.63, 3.8) is 0 Å². The molecule has 0 aliphatic heterocycles. The molecule has 0 aliphatic carbocycles. The summed E-state index contributed by atoms with van der Waals surface area (Å²) in [6.45, 7) is 2.01. The first kappa shape index (κ1) is 16.6. The molecular weight excluding hydrogens is 353 g/mol. The van der Waals surface area contributed by atoms with Crippen LogP contribution in [0, 0.1) is 12.7 Å². The number of nitrogens with one attached hydrogen (secondary N) is 1. The lowest BCUT2D eigenvalue weighted by Crippen LogP contribution is -2.27. The zero-order chi connectivity index (χ0) is 17.3. The van der Waals surface area contributed by atoms with Crippen molar-refractivity contribution in [3.05, 3.63) is 67.8 Å². The van der Waals surface area contributed by atoms with E-state index in [0.29, 0.717) is 17.1 Å². The van der Waals surface area contributed by atoms with Gasteiger partial charge in [0.05, 0.1) is 10.6 Å². The van der Waals surface area contributed by atoms with Gasteiger partial charge in [-0.2, -0.15) is 0 Å². The highest BCUT2D eigenvalue weighted by Gasteiger charge is 2.15. The van der Waals surface area contributed by atoms with E-state index >= 15 is 0 Å². The Bertz CT molecular complexity index is 963. The normalized spacial score (nSPS) is 11.0. The molecule has 5 nitrogen and oxygen atoms in total. The average Bonchev–Trinajstić information content (AvgIpc) is 2.90. The highest BCUT2D eigenvalue weighted by atomic mass is 35.5.